The molecule has 0 unspecified atom stereocenters. The predicted octanol–water partition coefficient (Wildman–Crippen LogP) is 5.13. The highest BCUT2D eigenvalue weighted by Gasteiger charge is 2.41. The van der Waals surface area contributed by atoms with Gasteiger partial charge in [0.05, 0.1) is 13.2 Å². The van der Waals surface area contributed by atoms with Gasteiger partial charge in [-0.25, -0.2) is 0 Å². The maximum atomic E-state index is 13.2. The molecule has 0 saturated heterocycles. The number of halogens is 1. The van der Waals surface area contributed by atoms with Crippen molar-refractivity contribution >= 4 is 23.1 Å². The van der Waals surface area contributed by atoms with E-state index in [1.807, 2.05) is 42.5 Å². The number of aliphatic hydroxyl groups is 1. The number of hydrogen-bond acceptors (Lipinski definition) is 5. The van der Waals surface area contributed by atoms with Crippen LogP contribution in [0.15, 0.2) is 72.5 Å². The van der Waals surface area contributed by atoms with Crippen LogP contribution in [0.25, 0.3) is 5.57 Å². The Morgan fingerprint density at radius 2 is 1.75 bits per heavy atom. The molecule has 0 radical (unpaired) electrons. The van der Waals surface area contributed by atoms with E-state index < -0.39 is 11.9 Å². The number of rotatable bonds is 5. The number of carbonyl (C=O) groups is 1. The molecular formula is C25H20ClNO5. The molecule has 5 rings (SSSR count). The lowest BCUT2D eigenvalue weighted by molar-refractivity contribution is -0.130. The molecule has 1 N–H and O–H groups in total. The number of benzene rings is 3. The van der Waals surface area contributed by atoms with Crippen LogP contribution in [0.2, 0.25) is 5.02 Å². The third-order valence-corrected chi connectivity index (χ3v) is 5.93. The third-order valence-electron chi connectivity index (χ3n) is 5.68. The van der Waals surface area contributed by atoms with Crippen molar-refractivity contribution in [3.8, 4) is 17.2 Å². The quantitative estimate of drug-likeness (QED) is 0.584. The SMILES string of the molecule is COc1ccc(C2=C(O)C(=O)N(Cc3ccc4c(c3)OCO4)[C@@H]2c2ccc(Cl)cc2)cc1. The lowest BCUT2D eigenvalue weighted by Gasteiger charge is -2.27. The van der Waals surface area contributed by atoms with Crippen molar-refractivity contribution < 1.29 is 24.1 Å². The van der Waals surface area contributed by atoms with Crippen LogP contribution in [-0.4, -0.2) is 29.8 Å². The van der Waals surface area contributed by atoms with Crippen LogP contribution in [0.3, 0.4) is 0 Å². The molecule has 1 atom stereocenters. The molecule has 2 heterocycles. The number of nitrogens with zero attached hydrogens (tertiary/aromatic N) is 1. The highest BCUT2D eigenvalue weighted by Crippen LogP contribution is 2.44. The average Bonchev–Trinajstić information content (AvgIpc) is 3.38. The zero-order valence-corrected chi connectivity index (χ0v) is 18.0. The summed E-state index contributed by atoms with van der Waals surface area (Å²) in [5.74, 6) is 1.31. The summed E-state index contributed by atoms with van der Waals surface area (Å²) in [5.41, 5.74) is 2.99. The molecule has 2 aliphatic heterocycles. The van der Waals surface area contributed by atoms with E-state index in [0.717, 1.165) is 16.7 Å². The van der Waals surface area contributed by atoms with Gasteiger partial charge in [-0.3, -0.25) is 4.79 Å². The summed E-state index contributed by atoms with van der Waals surface area (Å²) < 4.78 is 16.1. The Balaban J connectivity index is 1.56. The Kier molecular flexibility index (Phi) is 5.15. The first-order valence-corrected chi connectivity index (χ1v) is 10.5. The molecule has 0 saturated carbocycles. The minimum absolute atomic E-state index is 0.179. The van der Waals surface area contributed by atoms with E-state index in [0.29, 0.717) is 27.8 Å². The lowest BCUT2D eigenvalue weighted by atomic mass is 9.93. The van der Waals surface area contributed by atoms with Crippen molar-refractivity contribution in [1.82, 2.24) is 4.90 Å². The molecule has 0 bridgehead atoms. The van der Waals surface area contributed by atoms with E-state index in [-0.39, 0.29) is 19.1 Å². The van der Waals surface area contributed by atoms with Crippen molar-refractivity contribution in [3.05, 3.63) is 94.2 Å². The van der Waals surface area contributed by atoms with Crippen LogP contribution in [0.1, 0.15) is 22.7 Å². The molecule has 0 aliphatic carbocycles. The highest BCUT2D eigenvalue weighted by molar-refractivity contribution is 6.30. The topological polar surface area (TPSA) is 68.2 Å². The fraction of sp³-hybridized carbons (Fsp3) is 0.160. The number of ether oxygens (including phenoxy) is 3. The van der Waals surface area contributed by atoms with Crippen LogP contribution < -0.4 is 14.2 Å². The fourth-order valence-corrected chi connectivity index (χ4v) is 4.24. The molecular weight excluding hydrogens is 430 g/mol. The first kappa shape index (κ1) is 20.3. The second-order valence-corrected chi connectivity index (χ2v) is 8.00. The van der Waals surface area contributed by atoms with E-state index in [2.05, 4.69) is 0 Å². The molecule has 1 amide bonds. The Labute approximate surface area is 190 Å². The van der Waals surface area contributed by atoms with Crippen molar-refractivity contribution in [2.75, 3.05) is 13.9 Å². The maximum Gasteiger partial charge on any atom is 0.290 e. The molecule has 0 spiro atoms. The van der Waals surface area contributed by atoms with Gasteiger partial charge in [0.25, 0.3) is 5.91 Å². The Bertz CT molecular complexity index is 1200. The molecule has 7 heteroatoms. The van der Waals surface area contributed by atoms with Gasteiger partial charge >= 0.3 is 0 Å². The summed E-state index contributed by atoms with van der Waals surface area (Å²) in [7, 11) is 1.59. The van der Waals surface area contributed by atoms with E-state index in [4.69, 9.17) is 25.8 Å². The van der Waals surface area contributed by atoms with E-state index >= 15 is 0 Å². The molecule has 3 aromatic rings. The molecule has 32 heavy (non-hydrogen) atoms. The van der Waals surface area contributed by atoms with Crippen LogP contribution in [0, 0.1) is 0 Å². The van der Waals surface area contributed by atoms with E-state index in [1.165, 1.54) is 0 Å². The Morgan fingerprint density at radius 1 is 1.03 bits per heavy atom. The minimum Gasteiger partial charge on any atom is -0.503 e. The molecule has 0 fully saturated rings. The van der Waals surface area contributed by atoms with Gasteiger partial charge < -0.3 is 24.2 Å². The van der Waals surface area contributed by atoms with Crippen LogP contribution >= 0.6 is 11.6 Å². The first-order chi connectivity index (χ1) is 15.5. The molecule has 3 aromatic carbocycles. The van der Waals surface area contributed by atoms with Crippen molar-refractivity contribution in [3.63, 3.8) is 0 Å². The van der Waals surface area contributed by atoms with Gasteiger partial charge in [0.2, 0.25) is 6.79 Å². The fourth-order valence-electron chi connectivity index (χ4n) is 4.11. The number of fused-ring (bicyclic) bond motifs is 1. The van der Waals surface area contributed by atoms with Gasteiger partial charge in [-0.2, -0.15) is 0 Å². The van der Waals surface area contributed by atoms with E-state index in [1.54, 1.807) is 36.3 Å². The summed E-state index contributed by atoms with van der Waals surface area (Å²) in [4.78, 5) is 14.9. The standard InChI is InChI=1S/C25H20ClNO5/c1-30-19-9-5-16(6-10-19)22-23(17-3-7-18(26)8-4-17)27(25(29)24(22)28)13-15-2-11-20-21(12-15)32-14-31-20/h2-12,23,28H,13-14H2,1H3/t23-/m1/s1. The van der Waals surface area contributed by atoms with Crippen LogP contribution in [-0.2, 0) is 11.3 Å². The second-order valence-electron chi connectivity index (χ2n) is 7.57. The molecule has 2 aliphatic rings. The summed E-state index contributed by atoms with van der Waals surface area (Å²) in [6, 6.07) is 19.7. The number of hydrogen-bond donors (Lipinski definition) is 1. The summed E-state index contributed by atoms with van der Waals surface area (Å²) in [6.07, 6.45) is 0. The highest BCUT2D eigenvalue weighted by atomic mass is 35.5. The monoisotopic (exact) mass is 449 g/mol. The van der Waals surface area contributed by atoms with Crippen molar-refractivity contribution in [2.45, 2.75) is 12.6 Å². The average molecular weight is 450 g/mol. The number of methoxy groups -OCH3 is 1. The van der Waals surface area contributed by atoms with Crippen molar-refractivity contribution in [2.24, 2.45) is 0 Å². The van der Waals surface area contributed by atoms with Crippen LogP contribution in [0.5, 0.6) is 17.2 Å². The second kappa shape index (κ2) is 8.13. The zero-order valence-electron chi connectivity index (χ0n) is 17.2. The summed E-state index contributed by atoms with van der Waals surface area (Å²) in [5, 5.41) is 11.5. The normalized spacial score (nSPS) is 17.2. The van der Waals surface area contributed by atoms with Gasteiger partial charge in [-0.1, -0.05) is 41.9 Å². The molecule has 6 nitrogen and oxygen atoms in total. The first-order valence-electron chi connectivity index (χ1n) is 10.1. The van der Waals surface area contributed by atoms with Gasteiger partial charge in [-0.15, -0.1) is 0 Å². The van der Waals surface area contributed by atoms with Crippen molar-refractivity contribution in [1.29, 1.82) is 0 Å². The number of amides is 1. The number of aliphatic hydroxyl groups excluding tert-OH is 1. The third kappa shape index (κ3) is 3.52. The molecule has 0 aromatic heterocycles. The van der Waals surface area contributed by atoms with E-state index in [9.17, 15) is 9.90 Å². The van der Waals surface area contributed by atoms with Gasteiger partial charge in [0.1, 0.15) is 5.75 Å². The van der Waals surface area contributed by atoms with Gasteiger partial charge in [0.15, 0.2) is 17.3 Å². The van der Waals surface area contributed by atoms with Crippen LogP contribution in [0.4, 0.5) is 0 Å². The summed E-state index contributed by atoms with van der Waals surface area (Å²) in [6.45, 7) is 0.464. The largest absolute Gasteiger partial charge is 0.503 e. The smallest absolute Gasteiger partial charge is 0.290 e. The summed E-state index contributed by atoms with van der Waals surface area (Å²) >= 11 is 6.10. The predicted molar refractivity (Wildman–Crippen MR) is 120 cm³/mol. The Hall–Kier alpha value is -3.64. The number of carbonyl (C=O) groups excluding carboxylic acids is 1. The molecule has 162 valence electrons. The van der Waals surface area contributed by atoms with Gasteiger partial charge in [-0.05, 0) is 53.1 Å². The lowest BCUT2D eigenvalue weighted by Crippen LogP contribution is -2.29. The maximum absolute atomic E-state index is 13.2. The zero-order chi connectivity index (χ0) is 22.2. The van der Waals surface area contributed by atoms with Gasteiger partial charge in [0, 0.05) is 17.1 Å². The Morgan fingerprint density at radius 3 is 2.47 bits per heavy atom. The minimum atomic E-state index is -0.487.